The Morgan fingerprint density at radius 1 is 1.44 bits per heavy atom. The fourth-order valence-corrected chi connectivity index (χ4v) is 3.16. The molecule has 1 aliphatic heterocycles. The first-order valence-electron chi connectivity index (χ1n) is 7.89. The topological polar surface area (TPSA) is 135 Å². The van der Waals surface area contributed by atoms with Gasteiger partial charge >= 0.3 is 5.97 Å². The molecule has 1 saturated heterocycles. The standard InChI is InChI=1S/C16H22N4O4S/c1-16(2,3)24-13(22)5-12-19-10(7-25-12)14(18)11(21)4-8-9(6-17)20-15(8)23/h7-9,18H,4-6,17H2,1-3H3,(H,20,23)/t8-,9+/m0/s1. The summed E-state index contributed by atoms with van der Waals surface area (Å²) in [6, 6.07) is -0.220. The smallest absolute Gasteiger partial charge is 0.313 e. The third-order valence-corrected chi connectivity index (χ3v) is 4.46. The Bertz CT molecular complexity index is 707. The highest BCUT2D eigenvalue weighted by molar-refractivity contribution is 7.10. The van der Waals surface area contributed by atoms with Gasteiger partial charge in [0, 0.05) is 18.3 Å². The number of rotatable bonds is 7. The number of carbonyl (C=O) groups excluding carboxylic acids is 3. The number of esters is 1. The maximum atomic E-state index is 12.2. The summed E-state index contributed by atoms with van der Waals surface area (Å²) in [4.78, 5) is 39.6. The summed E-state index contributed by atoms with van der Waals surface area (Å²) in [6.07, 6.45) is -0.0743. The van der Waals surface area contributed by atoms with Crippen molar-refractivity contribution in [3.63, 3.8) is 0 Å². The van der Waals surface area contributed by atoms with Gasteiger partial charge < -0.3 is 15.8 Å². The minimum Gasteiger partial charge on any atom is -0.460 e. The van der Waals surface area contributed by atoms with Gasteiger partial charge in [-0.2, -0.15) is 0 Å². The van der Waals surface area contributed by atoms with Crippen molar-refractivity contribution in [3.05, 3.63) is 16.1 Å². The molecule has 0 unspecified atom stereocenters. The predicted octanol–water partition coefficient (Wildman–Crippen LogP) is 0.428. The Balaban J connectivity index is 1.94. The summed E-state index contributed by atoms with van der Waals surface area (Å²) in [5, 5.41) is 12.6. The fourth-order valence-electron chi connectivity index (χ4n) is 2.39. The fraction of sp³-hybridized carbons (Fsp3) is 0.562. The van der Waals surface area contributed by atoms with Gasteiger partial charge in [0.15, 0.2) is 5.78 Å². The van der Waals surface area contributed by atoms with Crippen molar-refractivity contribution < 1.29 is 19.1 Å². The zero-order chi connectivity index (χ0) is 18.8. The largest absolute Gasteiger partial charge is 0.460 e. The molecule has 0 aliphatic carbocycles. The number of nitrogens with two attached hydrogens (primary N) is 1. The molecule has 0 radical (unpaired) electrons. The summed E-state index contributed by atoms with van der Waals surface area (Å²) in [5.74, 6) is -1.59. The molecule has 2 atom stereocenters. The van der Waals surface area contributed by atoms with Crippen LogP contribution in [0.25, 0.3) is 0 Å². The molecule has 2 heterocycles. The van der Waals surface area contributed by atoms with Crippen LogP contribution in [0, 0.1) is 11.3 Å². The molecule has 0 saturated carbocycles. The number of Topliss-reactive ketones (excluding diaryl/α,β-unsaturated/α-hetero) is 1. The van der Waals surface area contributed by atoms with E-state index in [1.807, 2.05) is 0 Å². The van der Waals surface area contributed by atoms with Crippen LogP contribution in [0.15, 0.2) is 5.38 Å². The number of ether oxygens (including phenoxy) is 1. The number of carbonyl (C=O) groups is 3. The second kappa shape index (κ2) is 7.40. The minimum absolute atomic E-state index is 0.0102. The number of thiazole rings is 1. The van der Waals surface area contributed by atoms with E-state index >= 15 is 0 Å². The molecule has 25 heavy (non-hydrogen) atoms. The van der Waals surface area contributed by atoms with Gasteiger partial charge in [-0.15, -0.1) is 11.3 Å². The first-order chi connectivity index (χ1) is 11.6. The summed E-state index contributed by atoms with van der Waals surface area (Å²) in [7, 11) is 0. The van der Waals surface area contributed by atoms with Crippen LogP contribution < -0.4 is 11.1 Å². The van der Waals surface area contributed by atoms with Crippen LogP contribution in [0.2, 0.25) is 0 Å². The first kappa shape index (κ1) is 19.2. The molecule has 1 aromatic heterocycles. The molecule has 1 amide bonds. The third kappa shape index (κ3) is 4.93. The number of β-lactam (4-membered cyclic amide) rings is 1. The Hall–Kier alpha value is -2.13. The van der Waals surface area contributed by atoms with Gasteiger partial charge in [-0.25, -0.2) is 4.98 Å². The number of nitrogens with one attached hydrogen (secondary N) is 2. The molecule has 0 spiro atoms. The van der Waals surface area contributed by atoms with Crippen LogP contribution in [-0.2, 0) is 25.5 Å². The van der Waals surface area contributed by atoms with Crippen molar-refractivity contribution in [1.29, 1.82) is 5.41 Å². The highest BCUT2D eigenvalue weighted by atomic mass is 32.1. The maximum absolute atomic E-state index is 12.2. The molecule has 1 fully saturated rings. The number of amides is 1. The van der Waals surface area contributed by atoms with Crippen LogP contribution in [-0.4, -0.2) is 46.5 Å². The maximum Gasteiger partial charge on any atom is 0.313 e. The van der Waals surface area contributed by atoms with Crippen LogP contribution >= 0.6 is 11.3 Å². The van der Waals surface area contributed by atoms with Gasteiger partial charge in [0.2, 0.25) is 5.91 Å². The number of aromatic nitrogens is 1. The lowest BCUT2D eigenvalue weighted by Crippen LogP contribution is -2.61. The predicted molar refractivity (Wildman–Crippen MR) is 92.6 cm³/mol. The zero-order valence-electron chi connectivity index (χ0n) is 14.4. The van der Waals surface area contributed by atoms with Crippen LogP contribution in [0.5, 0.6) is 0 Å². The quantitative estimate of drug-likeness (QED) is 0.364. The second-order valence-electron chi connectivity index (χ2n) is 6.85. The van der Waals surface area contributed by atoms with E-state index in [9.17, 15) is 14.4 Å². The van der Waals surface area contributed by atoms with Crippen molar-refractivity contribution in [3.8, 4) is 0 Å². The second-order valence-corrected chi connectivity index (χ2v) is 7.79. The molecule has 9 heteroatoms. The molecular weight excluding hydrogens is 344 g/mol. The Kier molecular flexibility index (Phi) is 5.69. The monoisotopic (exact) mass is 366 g/mol. The van der Waals surface area contributed by atoms with E-state index in [-0.39, 0.29) is 42.7 Å². The lowest BCUT2D eigenvalue weighted by molar-refractivity contribution is -0.153. The summed E-state index contributed by atoms with van der Waals surface area (Å²) in [6.45, 7) is 5.58. The van der Waals surface area contributed by atoms with Gasteiger partial charge in [-0.3, -0.25) is 19.8 Å². The average molecular weight is 366 g/mol. The molecular formula is C16H22N4O4S. The first-order valence-corrected chi connectivity index (χ1v) is 8.77. The minimum atomic E-state index is -0.581. The van der Waals surface area contributed by atoms with Crippen LogP contribution in [0.1, 0.15) is 37.9 Å². The van der Waals surface area contributed by atoms with E-state index < -0.39 is 23.3 Å². The highest BCUT2D eigenvalue weighted by Crippen LogP contribution is 2.20. The van der Waals surface area contributed by atoms with E-state index in [2.05, 4.69) is 10.3 Å². The Labute approximate surface area is 149 Å². The third-order valence-electron chi connectivity index (χ3n) is 3.61. The normalized spacial score (nSPS) is 19.8. The average Bonchev–Trinajstić information content (AvgIpc) is 2.95. The van der Waals surface area contributed by atoms with E-state index in [0.29, 0.717) is 5.01 Å². The molecule has 2 rings (SSSR count). The molecule has 0 bridgehead atoms. The highest BCUT2D eigenvalue weighted by Gasteiger charge is 2.40. The van der Waals surface area contributed by atoms with Crippen LogP contribution in [0.4, 0.5) is 0 Å². The summed E-state index contributed by atoms with van der Waals surface area (Å²) in [5.41, 5.74) is 4.87. The van der Waals surface area contributed by atoms with Gasteiger partial charge in [0.25, 0.3) is 0 Å². The van der Waals surface area contributed by atoms with Gasteiger partial charge in [-0.05, 0) is 20.8 Å². The molecule has 136 valence electrons. The Morgan fingerprint density at radius 2 is 2.12 bits per heavy atom. The Morgan fingerprint density at radius 3 is 2.68 bits per heavy atom. The molecule has 4 N–H and O–H groups in total. The number of hydrogen-bond donors (Lipinski definition) is 3. The lowest BCUT2D eigenvalue weighted by Gasteiger charge is -2.35. The van der Waals surface area contributed by atoms with Crippen LogP contribution in [0.3, 0.4) is 0 Å². The van der Waals surface area contributed by atoms with Gasteiger partial charge in [0.05, 0.1) is 18.4 Å². The molecule has 8 nitrogen and oxygen atoms in total. The van der Waals surface area contributed by atoms with E-state index in [4.69, 9.17) is 15.9 Å². The zero-order valence-corrected chi connectivity index (χ0v) is 15.2. The molecule has 1 aromatic rings. The lowest BCUT2D eigenvalue weighted by atomic mass is 9.85. The molecule has 1 aliphatic rings. The number of ketones is 1. The van der Waals surface area contributed by atoms with Crippen molar-refractivity contribution in [2.75, 3.05) is 6.54 Å². The summed E-state index contributed by atoms with van der Waals surface area (Å²) < 4.78 is 5.22. The molecule has 0 aromatic carbocycles. The van der Waals surface area contributed by atoms with Crippen molar-refractivity contribution >= 4 is 34.7 Å². The SMILES string of the molecule is CC(C)(C)OC(=O)Cc1nc(C(=N)C(=O)C[C@@H]2C(=O)N[C@@H]2CN)cs1. The van der Waals surface area contributed by atoms with E-state index in [1.165, 1.54) is 11.3 Å². The van der Waals surface area contributed by atoms with Gasteiger partial charge in [-0.1, -0.05) is 0 Å². The number of nitrogens with zero attached hydrogens (tertiary/aromatic N) is 1. The number of hydrogen-bond acceptors (Lipinski definition) is 8. The van der Waals surface area contributed by atoms with Crippen molar-refractivity contribution in [2.45, 2.75) is 45.3 Å². The van der Waals surface area contributed by atoms with Crippen molar-refractivity contribution in [1.82, 2.24) is 10.3 Å². The van der Waals surface area contributed by atoms with Crippen molar-refractivity contribution in [2.24, 2.45) is 11.7 Å². The summed E-state index contributed by atoms with van der Waals surface area (Å²) >= 11 is 1.19. The van der Waals surface area contributed by atoms with Gasteiger partial charge in [0.1, 0.15) is 22.0 Å². The van der Waals surface area contributed by atoms with E-state index in [0.717, 1.165) is 0 Å². The van der Waals surface area contributed by atoms with E-state index in [1.54, 1.807) is 26.2 Å².